The summed E-state index contributed by atoms with van der Waals surface area (Å²) < 4.78 is 12.9. The van der Waals surface area contributed by atoms with Gasteiger partial charge in [0.15, 0.2) is 0 Å². The van der Waals surface area contributed by atoms with Gasteiger partial charge in [-0.1, -0.05) is 54.7 Å². The fourth-order valence-electron chi connectivity index (χ4n) is 1.82. The van der Waals surface area contributed by atoms with Crippen LogP contribution in [0, 0.1) is 5.82 Å². The quantitative estimate of drug-likeness (QED) is 0.840. The molecule has 1 nitrogen and oxygen atoms in total. The van der Waals surface area contributed by atoms with Crippen LogP contribution in [0.15, 0.2) is 54.6 Å². The summed E-state index contributed by atoms with van der Waals surface area (Å²) in [7, 11) is 0. The van der Waals surface area contributed by atoms with E-state index < -0.39 is 0 Å². The summed E-state index contributed by atoms with van der Waals surface area (Å²) >= 11 is 5.10. The Hall–Kier alpha value is -1.74. The molecule has 17 heavy (non-hydrogen) atoms. The second-order valence-corrected chi connectivity index (χ2v) is 4.27. The van der Waals surface area contributed by atoms with Crippen LogP contribution in [0.5, 0.6) is 0 Å². The normalized spacial score (nSPS) is 12.1. The topological polar surface area (TPSA) is 26.0 Å². The molecule has 0 fully saturated rings. The van der Waals surface area contributed by atoms with E-state index in [9.17, 15) is 4.39 Å². The van der Waals surface area contributed by atoms with Gasteiger partial charge >= 0.3 is 0 Å². The lowest BCUT2D eigenvalue weighted by atomic mass is 9.91. The summed E-state index contributed by atoms with van der Waals surface area (Å²) in [5.74, 6) is -0.421. The maximum Gasteiger partial charge on any atom is 0.123 e. The van der Waals surface area contributed by atoms with Gasteiger partial charge in [0.2, 0.25) is 0 Å². The van der Waals surface area contributed by atoms with Crippen LogP contribution < -0.4 is 5.73 Å². The summed E-state index contributed by atoms with van der Waals surface area (Å²) in [5, 5.41) is 0. The van der Waals surface area contributed by atoms with Crippen LogP contribution in [-0.4, -0.2) is 4.99 Å². The Bertz CT molecular complexity index is 508. The lowest BCUT2D eigenvalue weighted by Crippen LogP contribution is -2.20. The lowest BCUT2D eigenvalue weighted by molar-refractivity contribution is 0.627. The second kappa shape index (κ2) is 5.06. The molecule has 1 atom stereocenters. The standard InChI is InChI=1S/C14H12FNS/c15-12-8-6-11(7-9-12)13(14(16)17)10-4-2-1-3-5-10/h1-9,13H,(H2,16,17). The van der Waals surface area contributed by atoms with E-state index in [0.717, 1.165) is 11.1 Å². The smallest absolute Gasteiger partial charge is 0.123 e. The van der Waals surface area contributed by atoms with Crippen molar-refractivity contribution in [3.63, 3.8) is 0 Å². The third-order valence-electron chi connectivity index (χ3n) is 2.62. The van der Waals surface area contributed by atoms with Gasteiger partial charge < -0.3 is 5.73 Å². The Morgan fingerprint density at radius 1 is 0.941 bits per heavy atom. The van der Waals surface area contributed by atoms with Crippen molar-refractivity contribution in [2.24, 2.45) is 5.73 Å². The van der Waals surface area contributed by atoms with Gasteiger partial charge in [-0.25, -0.2) is 4.39 Å². The molecule has 0 saturated heterocycles. The highest BCUT2D eigenvalue weighted by molar-refractivity contribution is 7.80. The van der Waals surface area contributed by atoms with E-state index in [0.29, 0.717) is 4.99 Å². The van der Waals surface area contributed by atoms with Crippen molar-refractivity contribution in [3.05, 3.63) is 71.5 Å². The van der Waals surface area contributed by atoms with E-state index in [2.05, 4.69) is 0 Å². The summed E-state index contributed by atoms with van der Waals surface area (Å²) in [5.41, 5.74) is 7.70. The van der Waals surface area contributed by atoms with E-state index in [1.165, 1.54) is 12.1 Å². The first-order valence-electron chi connectivity index (χ1n) is 5.28. The van der Waals surface area contributed by atoms with Gasteiger partial charge in [0, 0.05) is 0 Å². The predicted octanol–water partition coefficient (Wildman–Crippen LogP) is 3.24. The van der Waals surface area contributed by atoms with Gasteiger partial charge in [-0.2, -0.15) is 0 Å². The molecule has 0 amide bonds. The highest BCUT2D eigenvalue weighted by atomic mass is 32.1. The van der Waals surface area contributed by atoms with Gasteiger partial charge in [-0.15, -0.1) is 0 Å². The van der Waals surface area contributed by atoms with E-state index in [4.69, 9.17) is 18.0 Å². The zero-order chi connectivity index (χ0) is 12.3. The molecule has 2 aromatic carbocycles. The fraction of sp³-hybridized carbons (Fsp3) is 0.0714. The SMILES string of the molecule is NC(=S)C(c1ccccc1)c1ccc(F)cc1. The molecule has 2 aromatic rings. The Labute approximate surface area is 105 Å². The number of halogens is 1. The van der Waals surface area contributed by atoms with Crippen LogP contribution in [0.3, 0.4) is 0 Å². The molecule has 0 spiro atoms. The summed E-state index contributed by atoms with van der Waals surface area (Å²) in [6.07, 6.45) is 0. The van der Waals surface area contributed by atoms with Crippen molar-refractivity contribution >= 4 is 17.2 Å². The molecule has 86 valence electrons. The van der Waals surface area contributed by atoms with Crippen molar-refractivity contribution < 1.29 is 4.39 Å². The molecular formula is C14H12FNS. The summed E-state index contributed by atoms with van der Waals surface area (Å²) in [6, 6.07) is 16.0. The average molecular weight is 245 g/mol. The number of hydrogen-bond donors (Lipinski definition) is 1. The Morgan fingerprint density at radius 2 is 1.47 bits per heavy atom. The van der Waals surface area contributed by atoms with Crippen molar-refractivity contribution in [3.8, 4) is 0 Å². The largest absolute Gasteiger partial charge is 0.393 e. The molecule has 0 saturated carbocycles. The van der Waals surface area contributed by atoms with E-state index in [1.54, 1.807) is 12.1 Å². The molecule has 0 aliphatic carbocycles. The van der Waals surface area contributed by atoms with E-state index >= 15 is 0 Å². The van der Waals surface area contributed by atoms with Gasteiger partial charge in [-0.3, -0.25) is 0 Å². The molecule has 1 unspecified atom stereocenters. The fourth-order valence-corrected chi connectivity index (χ4v) is 2.09. The third-order valence-corrected chi connectivity index (χ3v) is 2.86. The minimum atomic E-state index is -0.261. The molecular weight excluding hydrogens is 233 g/mol. The van der Waals surface area contributed by atoms with Crippen LogP contribution in [0.4, 0.5) is 4.39 Å². The van der Waals surface area contributed by atoms with Crippen LogP contribution in [0.25, 0.3) is 0 Å². The van der Waals surface area contributed by atoms with Gasteiger partial charge in [-0.05, 0) is 23.3 Å². The predicted molar refractivity (Wildman–Crippen MR) is 71.5 cm³/mol. The minimum Gasteiger partial charge on any atom is -0.393 e. The molecule has 2 rings (SSSR count). The van der Waals surface area contributed by atoms with Crippen molar-refractivity contribution in [2.45, 2.75) is 5.92 Å². The molecule has 0 heterocycles. The zero-order valence-electron chi connectivity index (χ0n) is 9.14. The minimum absolute atomic E-state index is 0.160. The van der Waals surface area contributed by atoms with Gasteiger partial charge in [0.25, 0.3) is 0 Å². The number of hydrogen-bond acceptors (Lipinski definition) is 1. The van der Waals surface area contributed by atoms with Gasteiger partial charge in [0.1, 0.15) is 5.82 Å². The summed E-state index contributed by atoms with van der Waals surface area (Å²) in [6.45, 7) is 0. The van der Waals surface area contributed by atoms with E-state index in [1.807, 2.05) is 30.3 Å². The van der Waals surface area contributed by atoms with Crippen molar-refractivity contribution in [1.29, 1.82) is 0 Å². The van der Waals surface area contributed by atoms with Crippen LogP contribution >= 0.6 is 12.2 Å². The Balaban J connectivity index is 2.43. The number of rotatable bonds is 3. The number of nitrogens with two attached hydrogens (primary N) is 1. The molecule has 0 bridgehead atoms. The highest BCUT2D eigenvalue weighted by Gasteiger charge is 2.16. The lowest BCUT2D eigenvalue weighted by Gasteiger charge is -2.16. The average Bonchev–Trinajstić information content (AvgIpc) is 2.33. The Kier molecular flexibility index (Phi) is 3.49. The third kappa shape index (κ3) is 2.68. The first-order valence-corrected chi connectivity index (χ1v) is 5.69. The molecule has 0 radical (unpaired) electrons. The van der Waals surface area contributed by atoms with Crippen LogP contribution in [0.2, 0.25) is 0 Å². The Morgan fingerprint density at radius 3 is 2.00 bits per heavy atom. The van der Waals surface area contributed by atoms with Crippen LogP contribution in [-0.2, 0) is 0 Å². The first kappa shape index (κ1) is 11.7. The number of thiocarbonyl (C=S) groups is 1. The van der Waals surface area contributed by atoms with Crippen molar-refractivity contribution in [2.75, 3.05) is 0 Å². The molecule has 2 N–H and O–H groups in total. The first-order chi connectivity index (χ1) is 8.18. The maximum atomic E-state index is 12.9. The molecule has 3 heteroatoms. The van der Waals surface area contributed by atoms with Crippen molar-refractivity contribution in [1.82, 2.24) is 0 Å². The number of benzene rings is 2. The zero-order valence-corrected chi connectivity index (χ0v) is 9.95. The monoisotopic (exact) mass is 245 g/mol. The second-order valence-electron chi connectivity index (χ2n) is 3.80. The highest BCUT2D eigenvalue weighted by Crippen LogP contribution is 2.25. The van der Waals surface area contributed by atoms with Crippen LogP contribution in [0.1, 0.15) is 17.0 Å². The molecule has 0 aromatic heterocycles. The molecule has 0 aliphatic heterocycles. The molecule has 0 aliphatic rings. The maximum absolute atomic E-state index is 12.9. The van der Waals surface area contributed by atoms with E-state index in [-0.39, 0.29) is 11.7 Å². The summed E-state index contributed by atoms with van der Waals surface area (Å²) in [4.78, 5) is 0.391. The van der Waals surface area contributed by atoms with Gasteiger partial charge in [0.05, 0.1) is 10.9 Å².